The zero-order chi connectivity index (χ0) is 23.5. The molecule has 5 nitrogen and oxygen atoms in total. The Morgan fingerprint density at radius 1 is 1.19 bits per heavy atom. The van der Waals surface area contributed by atoms with Crippen LogP contribution in [0.5, 0.6) is 0 Å². The van der Waals surface area contributed by atoms with E-state index >= 15 is 0 Å². The van der Waals surface area contributed by atoms with Crippen molar-refractivity contribution in [2.45, 2.75) is 51.1 Å². The number of likely N-dealkylation sites (tertiary alicyclic amines) is 1. The summed E-state index contributed by atoms with van der Waals surface area (Å²) < 4.78 is 4.88. The summed E-state index contributed by atoms with van der Waals surface area (Å²) in [5.41, 5.74) is 0.777. The topological polar surface area (TPSA) is 63.7 Å². The molecular formula is C25H27Cl2NO4. The van der Waals surface area contributed by atoms with Gasteiger partial charge in [0.15, 0.2) is 0 Å². The summed E-state index contributed by atoms with van der Waals surface area (Å²) in [6.45, 7) is 3.64. The number of benzene rings is 2. The van der Waals surface area contributed by atoms with Crippen LogP contribution in [-0.4, -0.2) is 36.2 Å². The SMILES string of the molecule is CCC(C=O)N1C(=O)C(C)(CC(=O)OC)CC(c2cccc(Cl)c2)C1c1ccc(Cl)cc1. The molecule has 1 heterocycles. The van der Waals surface area contributed by atoms with Crippen LogP contribution in [0.4, 0.5) is 0 Å². The van der Waals surface area contributed by atoms with Gasteiger partial charge in [0.2, 0.25) is 5.91 Å². The molecule has 0 N–H and O–H groups in total. The fraction of sp³-hybridized carbons (Fsp3) is 0.400. The van der Waals surface area contributed by atoms with Crippen LogP contribution in [0.25, 0.3) is 0 Å². The second-order valence-electron chi connectivity index (χ2n) is 8.50. The van der Waals surface area contributed by atoms with Gasteiger partial charge in [-0.2, -0.15) is 0 Å². The summed E-state index contributed by atoms with van der Waals surface area (Å²) in [4.78, 5) is 39.8. The first-order valence-electron chi connectivity index (χ1n) is 10.6. The molecule has 0 aromatic heterocycles. The Hall–Kier alpha value is -2.37. The number of methoxy groups -OCH3 is 1. The molecule has 1 aliphatic rings. The van der Waals surface area contributed by atoms with Crippen molar-refractivity contribution in [3.63, 3.8) is 0 Å². The van der Waals surface area contributed by atoms with Gasteiger partial charge in [0.25, 0.3) is 0 Å². The number of rotatable bonds is 7. The highest BCUT2D eigenvalue weighted by atomic mass is 35.5. The summed E-state index contributed by atoms with van der Waals surface area (Å²) in [5.74, 6) is -0.897. The van der Waals surface area contributed by atoms with Gasteiger partial charge in [0.1, 0.15) is 6.29 Å². The molecule has 1 aliphatic heterocycles. The van der Waals surface area contributed by atoms with E-state index in [-0.39, 0.29) is 18.2 Å². The van der Waals surface area contributed by atoms with Crippen molar-refractivity contribution in [3.8, 4) is 0 Å². The Balaban J connectivity index is 2.22. The first-order valence-corrected chi connectivity index (χ1v) is 11.4. The van der Waals surface area contributed by atoms with Crippen molar-refractivity contribution in [2.24, 2.45) is 5.41 Å². The molecule has 0 saturated carbocycles. The minimum absolute atomic E-state index is 0.0709. The summed E-state index contributed by atoms with van der Waals surface area (Å²) in [6.07, 6.45) is 1.59. The van der Waals surface area contributed by atoms with Gasteiger partial charge < -0.3 is 14.4 Å². The normalized spacial score (nSPS) is 24.2. The van der Waals surface area contributed by atoms with E-state index in [1.165, 1.54) is 7.11 Å². The highest BCUT2D eigenvalue weighted by Gasteiger charge is 2.52. The lowest BCUT2D eigenvalue weighted by molar-refractivity contribution is -0.162. The number of esters is 1. The van der Waals surface area contributed by atoms with Crippen LogP contribution < -0.4 is 0 Å². The number of ether oxygens (including phenoxy) is 1. The lowest BCUT2D eigenvalue weighted by Gasteiger charge is -2.50. The average Bonchev–Trinajstić information content (AvgIpc) is 2.78. The molecule has 7 heteroatoms. The van der Waals surface area contributed by atoms with E-state index in [9.17, 15) is 14.4 Å². The Morgan fingerprint density at radius 2 is 1.88 bits per heavy atom. The third-order valence-corrected chi connectivity index (χ3v) is 6.77. The van der Waals surface area contributed by atoms with Gasteiger partial charge in [-0.1, -0.05) is 61.3 Å². The van der Waals surface area contributed by atoms with Crippen LogP contribution in [0.15, 0.2) is 48.5 Å². The van der Waals surface area contributed by atoms with Gasteiger partial charge in [-0.25, -0.2) is 0 Å². The van der Waals surface area contributed by atoms with Crippen LogP contribution in [0.2, 0.25) is 10.0 Å². The molecular weight excluding hydrogens is 449 g/mol. The number of carbonyl (C=O) groups excluding carboxylic acids is 3. The fourth-order valence-corrected chi connectivity index (χ4v) is 4.99. The van der Waals surface area contributed by atoms with Crippen LogP contribution in [0.3, 0.4) is 0 Å². The van der Waals surface area contributed by atoms with Gasteiger partial charge in [0, 0.05) is 16.0 Å². The van der Waals surface area contributed by atoms with E-state index in [0.717, 1.165) is 17.4 Å². The molecule has 4 atom stereocenters. The average molecular weight is 476 g/mol. The predicted octanol–water partition coefficient (Wildman–Crippen LogP) is 5.60. The number of hydrogen-bond acceptors (Lipinski definition) is 4. The van der Waals surface area contributed by atoms with E-state index in [0.29, 0.717) is 22.9 Å². The lowest BCUT2D eigenvalue weighted by atomic mass is 9.67. The van der Waals surface area contributed by atoms with Gasteiger partial charge in [-0.15, -0.1) is 0 Å². The van der Waals surface area contributed by atoms with Crippen molar-refractivity contribution in [2.75, 3.05) is 7.11 Å². The number of halogens is 2. The molecule has 0 bridgehead atoms. The third kappa shape index (κ3) is 4.84. The Morgan fingerprint density at radius 3 is 2.44 bits per heavy atom. The van der Waals surface area contributed by atoms with Gasteiger partial charge >= 0.3 is 5.97 Å². The molecule has 1 amide bonds. The number of amides is 1. The molecule has 0 radical (unpaired) electrons. The van der Waals surface area contributed by atoms with Crippen LogP contribution >= 0.6 is 23.2 Å². The van der Waals surface area contributed by atoms with Crippen molar-refractivity contribution in [3.05, 3.63) is 69.7 Å². The zero-order valence-corrected chi connectivity index (χ0v) is 19.9. The van der Waals surface area contributed by atoms with Crippen molar-refractivity contribution in [1.29, 1.82) is 0 Å². The monoisotopic (exact) mass is 475 g/mol. The van der Waals surface area contributed by atoms with Gasteiger partial charge in [0.05, 0.1) is 31.0 Å². The highest BCUT2D eigenvalue weighted by molar-refractivity contribution is 6.30. The van der Waals surface area contributed by atoms with Gasteiger partial charge in [-0.3, -0.25) is 9.59 Å². The predicted molar refractivity (Wildman–Crippen MR) is 125 cm³/mol. The molecule has 32 heavy (non-hydrogen) atoms. The maximum Gasteiger partial charge on any atom is 0.306 e. The maximum absolute atomic E-state index is 13.9. The molecule has 170 valence electrons. The smallest absolute Gasteiger partial charge is 0.306 e. The zero-order valence-electron chi connectivity index (χ0n) is 18.4. The molecule has 2 aromatic carbocycles. The van der Waals surface area contributed by atoms with E-state index in [4.69, 9.17) is 27.9 Å². The van der Waals surface area contributed by atoms with Gasteiger partial charge in [-0.05, 0) is 48.2 Å². The molecule has 3 rings (SSSR count). The Labute approximate surface area is 198 Å². The second kappa shape index (κ2) is 10.1. The lowest BCUT2D eigenvalue weighted by Crippen LogP contribution is -2.56. The first-order chi connectivity index (χ1) is 15.2. The summed E-state index contributed by atoms with van der Waals surface area (Å²) in [6, 6.07) is 13.8. The number of aldehydes is 1. The largest absolute Gasteiger partial charge is 0.469 e. The number of piperidine rings is 1. The van der Waals surface area contributed by atoms with Crippen LogP contribution in [0, 0.1) is 5.41 Å². The minimum Gasteiger partial charge on any atom is -0.469 e. The van der Waals surface area contributed by atoms with Crippen molar-refractivity contribution >= 4 is 41.4 Å². The fourth-order valence-electron chi connectivity index (χ4n) is 4.66. The van der Waals surface area contributed by atoms with E-state index < -0.39 is 23.5 Å². The van der Waals surface area contributed by atoms with Crippen molar-refractivity contribution < 1.29 is 19.1 Å². The van der Waals surface area contributed by atoms with E-state index in [1.54, 1.807) is 30.0 Å². The first kappa shape index (κ1) is 24.3. The highest BCUT2D eigenvalue weighted by Crippen LogP contribution is 2.52. The second-order valence-corrected chi connectivity index (χ2v) is 9.37. The summed E-state index contributed by atoms with van der Waals surface area (Å²) >= 11 is 12.4. The molecule has 4 unspecified atom stereocenters. The van der Waals surface area contributed by atoms with Crippen LogP contribution in [-0.2, 0) is 19.1 Å². The molecule has 0 spiro atoms. The molecule has 2 aromatic rings. The maximum atomic E-state index is 13.9. The van der Waals surface area contributed by atoms with E-state index in [1.807, 2.05) is 37.3 Å². The van der Waals surface area contributed by atoms with Crippen molar-refractivity contribution in [1.82, 2.24) is 4.90 Å². The summed E-state index contributed by atoms with van der Waals surface area (Å²) in [5, 5.41) is 1.16. The number of carbonyl (C=O) groups is 3. The quantitative estimate of drug-likeness (QED) is 0.386. The Kier molecular flexibility index (Phi) is 7.63. The number of hydrogen-bond donors (Lipinski definition) is 0. The standard InChI is InChI=1S/C25H27Cl2NO4/c1-4-20(15-29)28-23(16-8-10-18(26)11-9-16)21(17-6-5-7-19(27)12-17)13-25(2,24(28)31)14-22(30)32-3/h5-12,15,20-21,23H,4,13-14H2,1-3H3. The van der Waals surface area contributed by atoms with E-state index in [2.05, 4.69) is 0 Å². The molecule has 1 saturated heterocycles. The Bertz CT molecular complexity index is 994. The molecule has 1 fully saturated rings. The van der Waals surface area contributed by atoms with Crippen LogP contribution in [0.1, 0.15) is 56.2 Å². The third-order valence-electron chi connectivity index (χ3n) is 6.29. The minimum atomic E-state index is -1.03. The summed E-state index contributed by atoms with van der Waals surface area (Å²) in [7, 11) is 1.31. The molecule has 0 aliphatic carbocycles. The number of nitrogens with zero attached hydrogens (tertiary/aromatic N) is 1.